The predicted octanol–water partition coefficient (Wildman–Crippen LogP) is 14.2. The summed E-state index contributed by atoms with van der Waals surface area (Å²) in [5.74, 6) is -0.437. The second-order valence-electron chi connectivity index (χ2n) is 14.2. The van der Waals surface area contributed by atoms with Crippen molar-refractivity contribution in [3.05, 3.63) is 60.8 Å². The van der Waals surface area contributed by atoms with Crippen molar-refractivity contribution in [2.24, 2.45) is 0 Å². The molecule has 52 heavy (non-hydrogen) atoms. The molecule has 0 fully saturated rings. The molecule has 0 N–H and O–H groups in total. The first-order chi connectivity index (χ1) is 25.6. The summed E-state index contributed by atoms with van der Waals surface area (Å²) in [6.45, 7) is 7.64. The van der Waals surface area contributed by atoms with E-state index in [0.717, 1.165) is 83.5 Å². The Kier molecular flexibility index (Phi) is 41.0. The lowest BCUT2D eigenvalue weighted by Gasteiger charge is -2.18. The summed E-state index contributed by atoms with van der Waals surface area (Å²) >= 11 is 0. The summed E-state index contributed by atoms with van der Waals surface area (Å²) in [5.41, 5.74) is 0. The Morgan fingerprint density at radius 3 is 1.38 bits per heavy atom. The van der Waals surface area contributed by atoms with Crippen molar-refractivity contribution in [2.75, 3.05) is 19.8 Å². The predicted molar refractivity (Wildman–Crippen MR) is 224 cm³/mol. The molecule has 1 atom stereocenters. The Bertz CT molecular complexity index is 915. The van der Waals surface area contributed by atoms with Crippen molar-refractivity contribution in [2.45, 2.75) is 207 Å². The van der Waals surface area contributed by atoms with Gasteiger partial charge in [-0.05, 0) is 64.2 Å². The quantitative estimate of drug-likeness (QED) is 0.0358. The van der Waals surface area contributed by atoms with Crippen molar-refractivity contribution in [1.29, 1.82) is 0 Å². The third-order valence-electron chi connectivity index (χ3n) is 9.07. The lowest BCUT2D eigenvalue weighted by molar-refractivity contribution is -0.163. The van der Waals surface area contributed by atoms with Crippen molar-refractivity contribution in [3.8, 4) is 0 Å². The van der Waals surface area contributed by atoms with Crippen LogP contribution >= 0.6 is 0 Å². The molecule has 5 heteroatoms. The molecule has 0 saturated carbocycles. The van der Waals surface area contributed by atoms with Gasteiger partial charge in [0.25, 0.3) is 0 Å². The number of carbonyl (C=O) groups excluding carboxylic acids is 2. The number of hydrogen-bond donors (Lipinski definition) is 0. The minimum absolute atomic E-state index is 0.0692. The Morgan fingerprint density at radius 2 is 0.865 bits per heavy atom. The van der Waals surface area contributed by atoms with Crippen LogP contribution in [0.3, 0.4) is 0 Å². The second-order valence-corrected chi connectivity index (χ2v) is 14.2. The summed E-state index contributed by atoms with van der Waals surface area (Å²) < 4.78 is 17.2. The topological polar surface area (TPSA) is 61.8 Å². The van der Waals surface area contributed by atoms with Crippen LogP contribution in [0.15, 0.2) is 60.8 Å². The van der Waals surface area contributed by atoms with E-state index in [4.69, 9.17) is 14.2 Å². The van der Waals surface area contributed by atoms with Crippen LogP contribution < -0.4 is 0 Å². The smallest absolute Gasteiger partial charge is 0.306 e. The molecule has 0 aromatic carbocycles. The third kappa shape index (κ3) is 40.4. The number of carbonyl (C=O) groups is 2. The van der Waals surface area contributed by atoms with E-state index < -0.39 is 6.10 Å². The van der Waals surface area contributed by atoms with E-state index >= 15 is 0 Å². The molecule has 5 nitrogen and oxygen atoms in total. The van der Waals surface area contributed by atoms with Crippen LogP contribution in [-0.2, 0) is 23.8 Å². The molecule has 0 aliphatic heterocycles. The van der Waals surface area contributed by atoms with Crippen LogP contribution in [0.2, 0.25) is 0 Å². The SMILES string of the molecule is CC/C=C\C/C=C\C/C=C\C/C=C\C/C=C\CCCCCC(=O)OCC(COCCCCCCCCCC)OC(=O)CCCCCCCCCCC. The Morgan fingerprint density at radius 1 is 0.442 bits per heavy atom. The molecule has 0 aliphatic carbocycles. The van der Waals surface area contributed by atoms with Crippen molar-refractivity contribution < 1.29 is 23.8 Å². The van der Waals surface area contributed by atoms with Gasteiger partial charge in [0.2, 0.25) is 0 Å². The van der Waals surface area contributed by atoms with E-state index in [2.05, 4.69) is 81.5 Å². The lowest BCUT2D eigenvalue weighted by atomic mass is 10.1. The van der Waals surface area contributed by atoms with Gasteiger partial charge in [0.1, 0.15) is 6.61 Å². The highest BCUT2D eigenvalue weighted by Gasteiger charge is 2.17. The highest BCUT2D eigenvalue weighted by Crippen LogP contribution is 2.13. The van der Waals surface area contributed by atoms with Crippen molar-refractivity contribution in [3.63, 3.8) is 0 Å². The molecule has 1 unspecified atom stereocenters. The summed E-state index contributed by atoms with van der Waals surface area (Å²) in [7, 11) is 0. The van der Waals surface area contributed by atoms with Gasteiger partial charge in [0.15, 0.2) is 6.10 Å². The molecule has 0 bridgehead atoms. The number of unbranched alkanes of at least 4 members (excludes halogenated alkanes) is 18. The van der Waals surface area contributed by atoms with E-state index in [-0.39, 0.29) is 25.2 Å². The lowest BCUT2D eigenvalue weighted by Crippen LogP contribution is -2.30. The van der Waals surface area contributed by atoms with Crippen LogP contribution in [0.5, 0.6) is 0 Å². The summed E-state index contributed by atoms with van der Waals surface area (Å²) in [6, 6.07) is 0. The van der Waals surface area contributed by atoms with Gasteiger partial charge >= 0.3 is 11.9 Å². The van der Waals surface area contributed by atoms with Crippen molar-refractivity contribution >= 4 is 11.9 Å². The minimum Gasteiger partial charge on any atom is -0.462 e. The van der Waals surface area contributed by atoms with Crippen LogP contribution in [0.25, 0.3) is 0 Å². The van der Waals surface area contributed by atoms with E-state index in [1.807, 2.05) is 0 Å². The first kappa shape index (κ1) is 49.6. The standard InChI is InChI=1S/C47H82O5/c1-4-7-10-13-16-19-20-21-22-23-24-25-26-27-28-30-31-34-37-40-46(48)51-44-45(43-50-42-39-36-33-18-15-12-9-6-3)52-47(49)41-38-35-32-29-17-14-11-8-5-2/h7,10,16,19,21-22,24-25,27-28,45H,4-6,8-9,11-15,17-18,20,23,26,29-44H2,1-3H3/b10-7-,19-16-,22-21-,25-24-,28-27-. The molecule has 0 heterocycles. The van der Waals surface area contributed by atoms with Gasteiger partial charge in [-0.3, -0.25) is 9.59 Å². The van der Waals surface area contributed by atoms with Crippen molar-refractivity contribution in [1.82, 2.24) is 0 Å². The zero-order chi connectivity index (χ0) is 37.8. The van der Waals surface area contributed by atoms with Gasteiger partial charge in [-0.1, -0.05) is 184 Å². The molecule has 0 radical (unpaired) electrons. The monoisotopic (exact) mass is 727 g/mol. The molecule has 0 spiro atoms. The van der Waals surface area contributed by atoms with E-state index in [9.17, 15) is 9.59 Å². The summed E-state index contributed by atoms with van der Waals surface area (Å²) in [4.78, 5) is 25.1. The Balaban J connectivity index is 4.21. The molecular formula is C47H82O5. The minimum atomic E-state index is -0.542. The van der Waals surface area contributed by atoms with Gasteiger partial charge in [-0.15, -0.1) is 0 Å². The molecule has 0 aliphatic rings. The molecular weight excluding hydrogens is 645 g/mol. The average Bonchev–Trinajstić information content (AvgIpc) is 3.14. The molecule has 0 aromatic rings. The van der Waals surface area contributed by atoms with E-state index in [1.54, 1.807) is 0 Å². The number of allylic oxidation sites excluding steroid dienone is 10. The number of ether oxygens (including phenoxy) is 3. The highest BCUT2D eigenvalue weighted by molar-refractivity contribution is 5.70. The molecule has 0 amide bonds. The largest absolute Gasteiger partial charge is 0.462 e. The van der Waals surface area contributed by atoms with Crippen LogP contribution in [-0.4, -0.2) is 37.9 Å². The maximum atomic E-state index is 12.6. The maximum absolute atomic E-state index is 12.6. The van der Waals surface area contributed by atoms with E-state index in [0.29, 0.717) is 19.4 Å². The summed E-state index contributed by atoms with van der Waals surface area (Å²) in [5, 5.41) is 0. The zero-order valence-corrected chi connectivity index (χ0v) is 34.3. The first-order valence-electron chi connectivity index (χ1n) is 21.8. The second kappa shape index (κ2) is 43.0. The molecule has 300 valence electrons. The van der Waals surface area contributed by atoms with Crippen LogP contribution in [0.4, 0.5) is 0 Å². The van der Waals surface area contributed by atoms with E-state index in [1.165, 1.54) is 83.5 Å². The average molecular weight is 727 g/mol. The van der Waals surface area contributed by atoms with Gasteiger partial charge in [0, 0.05) is 19.4 Å². The summed E-state index contributed by atoms with van der Waals surface area (Å²) in [6.07, 6.45) is 52.2. The third-order valence-corrected chi connectivity index (χ3v) is 9.07. The normalized spacial score (nSPS) is 12.8. The Hall–Kier alpha value is -2.40. The molecule has 0 rings (SSSR count). The first-order valence-corrected chi connectivity index (χ1v) is 21.8. The number of esters is 2. The highest BCUT2D eigenvalue weighted by atomic mass is 16.6. The maximum Gasteiger partial charge on any atom is 0.306 e. The van der Waals surface area contributed by atoms with Crippen LogP contribution in [0, 0.1) is 0 Å². The fourth-order valence-corrected chi connectivity index (χ4v) is 5.83. The van der Waals surface area contributed by atoms with Gasteiger partial charge in [-0.2, -0.15) is 0 Å². The van der Waals surface area contributed by atoms with Gasteiger partial charge < -0.3 is 14.2 Å². The number of hydrogen-bond acceptors (Lipinski definition) is 5. The fourth-order valence-electron chi connectivity index (χ4n) is 5.83. The molecule has 0 aromatic heterocycles. The van der Waals surface area contributed by atoms with Gasteiger partial charge in [0.05, 0.1) is 6.61 Å². The fraction of sp³-hybridized carbons (Fsp3) is 0.745. The van der Waals surface area contributed by atoms with Gasteiger partial charge in [-0.25, -0.2) is 0 Å². The zero-order valence-electron chi connectivity index (χ0n) is 34.3. The van der Waals surface area contributed by atoms with Crippen LogP contribution in [0.1, 0.15) is 201 Å². The number of rotatable bonds is 39. The molecule has 0 saturated heterocycles. The Labute approximate surface area is 322 Å².